The van der Waals surface area contributed by atoms with E-state index in [0.717, 1.165) is 18.4 Å². The van der Waals surface area contributed by atoms with Gasteiger partial charge in [-0.15, -0.1) is 0 Å². The number of aryl methyl sites for hydroxylation is 2. The van der Waals surface area contributed by atoms with Crippen molar-refractivity contribution in [3.63, 3.8) is 0 Å². The van der Waals surface area contributed by atoms with Gasteiger partial charge in [0, 0.05) is 13.0 Å². The van der Waals surface area contributed by atoms with Gasteiger partial charge in [-0.3, -0.25) is 4.79 Å². The predicted octanol–water partition coefficient (Wildman–Crippen LogP) is 4.14. The second-order valence-corrected chi connectivity index (χ2v) is 4.89. The van der Waals surface area contributed by atoms with Crippen molar-refractivity contribution in [3.05, 3.63) is 34.9 Å². The molecule has 0 aliphatic rings. The molecule has 0 fully saturated rings. The molecule has 0 heterocycles. The number of hydrogen-bond donors (Lipinski definition) is 0. The molecule has 2 heteroatoms. The molecule has 0 saturated heterocycles. The molecule has 0 spiro atoms. The Balaban J connectivity index is 2.96. The van der Waals surface area contributed by atoms with Gasteiger partial charge >= 0.3 is 0 Å². The highest BCUT2D eigenvalue weighted by atomic mass is 16.5. The molecule has 0 radical (unpaired) electrons. The van der Waals surface area contributed by atoms with Crippen molar-refractivity contribution in [2.24, 2.45) is 0 Å². The molecule has 1 atom stereocenters. The zero-order chi connectivity index (χ0) is 13.5. The zero-order valence-corrected chi connectivity index (χ0v) is 12.0. The summed E-state index contributed by atoms with van der Waals surface area (Å²) in [5.74, 6) is 0.191. The lowest BCUT2D eigenvalue weighted by Crippen LogP contribution is -2.16. The Morgan fingerprint density at radius 1 is 1.11 bits per heavy atom. The molecule has 0 aliphatic heterocycles. The number of ether oxygens (including phenoxy) is 1. The quantitative estimate of drug-likeness (QED) is 0.725. The van der Waals surface area contributed by atoms with Gasteiger partial charge in [-0.1, -0.05) is 43.2 Å². The Kier molecular flexibility index (Phi) is 6.06. The maximum Gasteiger partial charge on any atom is 0.166 e. The van der Waals surface area contributed by atoms with Crippen LogP contribution in [-0.2, 0) is 9.53 Å². The second kappa shape index (κ2) is 7.32. The van der Waals surface area contributed by atoms with Crippen LogP contribution in [0.2, 0.25) is 0 Å². The molecule has 100 valence electrons. The molecular formula is C16H24O2. The van der Waals surface area contributed by atoms with Crippen molar-refractivity contribution in [3.8, 4) is 0 Å². The Bertz CT molecular complexity index is 376. The van der Waals surface area contributed by atoms with Crippen LogP contribution in [0.1, 0.15) is 55.9 Å². The second-order valence-electron chi connectivity index (χ2n) is 4.89. The fourth-order valence-corrected chi connectivity index (χ4v) is 2.15. The molecule has 1 aromatic rings. The van der Waals surface area contributed by atoms with Crippen LogP contribution in [0, 0.1) is 13.8 Å². The molecule has 0 amide bonds. The Morgan fingerprint density at radius 3 is 2.22 bits per heavy atom. The van der Waals surface area contributed by atoms with E-state index in [2.05, 4.69) is 39.0 Å². The van der Waals surface area contributed by atoms with Crippen LogP contribution < -0.4 is 0 Å². The third kappa shape index (κ3) is 4.26. The smallest absolute Gasteiger partial charge is 0.166 e. The number of benzene rings is 1. The molecule has 18 heavy (non-hydrogen) atoms. The summed E-state index contributed by atoms with van der Waals surface area (Å²) in [5, 5.41) is 0. The summed E-state index contributed by atoms with van der Waals surface area (Å²) in [5.41, 5.74) is 3.36. The summed E-state index contributed by atoms with van der Waals surface area (Å²) in [6.45, 7) is 8.82. The van der Waals surface area contributed by atoms with E-state index in [4.69, 9.17) is 4.74 Å². The topological polar surface area (TPSA) is 26.3 Å². The van der Waals surface area contributed by atoms with Gasteiger partial charge in [0.2, 0.25) is 0 Å². The van der Waals surface area contributed by atoms with Crippen molar-refractivity contribution in [1.82, 2.24) is 0 Å². The van der Waals surface area contributed by atoms with Crippen molar-refractivity contribution in [1.29, 1.82) is 0 Å². The summed E-state index contributed by atoms with van der Waals surface area (Å²) >= 11 is 0. The van der Waals surface area contributed by atoms with E-state index in [1.165, 1.54) is 11.1 Å². The first-order valence-corrected chi connectivity index (χ1v) is 6.81. The van der Waals surface area contributed by atoms with E-state index < -0.39 is 0 Å². The van der Waals surface area contributed by atoms with Crippen LogP contribution in [0.15, 0.2) is 18.2 Å². The summed E-state index contributed by atoms with van der Waals surface area (Å²) in [7, 11) is 0. The van der Waals surface area contributed by atoms with Crippen molar-refractivity contribution in [2.45, 2.75) is 53.1 Å². The molecule has 0 aromatic heterocycles. The number of ketones is 1. The number of hydrogen-bond acceptors (Lipinski definition) is 2. The molecule has 1 aromatic carbocycles. The Hall–Kier alpha value is -1.15. The van der Waals surface area contributed by atoms with Gasteiger partial charge < -0.3 is 4.74 Å². The highest BCUT2D eigenvalue weighted by molar-refractivity contribution is 5.84. The fourth-order valence-electron chi connectivity index (χ4n) is 2.15. The predicted molar refractivity (Wildman–Crippen MR) is 74.8 cm³/mol. The Labute approximate surface area is 110 Å². The summed E-state index contributed by atoms with van der Waals surface area (Å²) in [6, 6.07) is 6.23. The van der Waals surface area contributed by atoms with Gasteiger partial charge in [0.15, 0.2) is 5.78 Å². The molecule has 0 saturated carbocycles. The average molecular weight is 248 g/mol. The van der Waals surface area contributed by atoms with Crippen LogP contribution in [0.5, 0.6) is 0 Å². The monoisotopic (exact) mass is 248 g/mol. The van der Waals surface area contributed by atoms with Gasteiger partial charge in [0.25, 0.3) is 0 Å². The van der Waals surface area contributed by atoms with Crippen LogP contribution in [0.25, 0.3) is 0 Å². The van der Waals surface area contributed by atoms with E-state index in [1.807, 2.05) is 6.92 Å². The molecule has 1 rings (SSSR count). The Morgan fingerprint density at radius 2 is 1.72 bits per heavy atom. The molecule has 0 bridgehead atoms. The zero-order valence-electron chi connectivity index (χ0n) is 12.0. The van der Waals surface area contributed by atoms with Gasteiger partial charge in [-0.25, -0.2) is 0 Å². The summed E-state index contributed by atoms with van der Waals surface area (Å²) < 4.78 is 5.75. The standard InChI is InChI=1S/C16H24O2/c1-5-7-15(17)16(18-8-6-2)14-10-12(3)9-13(4)11-14/h9-11,16H,5-8H2,1-4H3. The van der Waals surface area contributed by atoms with E-state index in [-0.39, 0.29) is 11.9 Å². The third-order valence-corrected chi connectivity index (χ3v) is 2.82. The molecule has 0 aliphatic carbocycles. The minimum absolute atomic E-state index is 0.191. The third-order valence-electron chi connectivity index (χ3n) is 2.82. The number of carbonyl (C=O) groups is 1. The molecule has 2 nitrogen and oxygen atoms in total. The van der Waals surface area contributed by atoms with Gasteiger partial charge in [-0.2, -0.15) is 0 Å². The molecular weight excluding hydrogens is 224 g/mol. The minimum Gasteiger partial charge on any atom is -0.366 e. The van der Waals surface area contributed by atoms with Crippen molar-refractivity contribution in [2.75, 3.05) is 6.61 Å². The van der Waals surface area contributed by atoms with Gasteiger partial charge in [-0.05, 0) is 32.3 Å². The van der Waals surface area contributed by atoms with E-state index in [0.29, 0.717) is 13.0 Å². The SMILES string of the molecule is CCCOC(C(=O)CCC)c1cc(C)cc(C)c1. The lowest BCUT2D eigenvalue weighted by atomic mass is 9.98. The first-order chi connectivity index (χ1) is 8.58. The van der Waals surface area contributed by atoms with Crippen LogP contribution >= 0.6 is 0 Å². The highest BCUT2D eigenvalue weighted by Crippen LogP contribution is 2.23. The highest BCUT2D eigenvalue weighted by Gasteiger charge is 2.20. The average Bonchev–Trinajstić information content (AvgIpc) is 2.28. The van der Waals surface area contributed by atoms with Crippen LogP contribution in [0.4, 0.5) is 0 Å². The number of rotatable bonds is 7. The van der Waals surface area contributed by atoms with Crippen LogP contribution in [-0.4, -0.2) is 12.4 Å². The van der Waals surface area contributed by atoms with Crippen molar-refractivity contribution < 1.29 is 9.53 Å². The van der Waals surface area contributed by atoms with Gasteiger partial charge in [0.1, 0.15) is 6.10 Å². The van der Waals surface area contributed by atoms with E-state index in [9.17, 15) is 4.79 Å². The van der Waals surface area contributed by atoms with Crippen molar-refractivity contribution >= 4 is 5.78 Å². The molecule has 0 N–H and O–H groups in total. The van der Waals surface area contributed by atoms with E-state index >= 15 is 0 Å². The van der Waals surface area contributed by atoms with E-state index in [1.54, 1.807) is 0 Å². The number of Topliss-reactive ketones (excluding diaryl/α,β-unsaturated/α-hetero) is 1. The summed E-state index contributed by atoms with van der Waals surface area (Å²) in [4.78, 5) is 12.1. The lowest BCUT2D eigenvalue weighted by Gasteiger charge is -2.18. The lowest BCUT2D eigenvalue weighted by molar-refractivity contribution is -0.131. The maximum absolute atomic E-state index is 12.1. The summed E-state index contributed by atoms with van der Waals surface area (Å²) in [6.07, 6.45) is 2.00. The first kappa shape index (κ1) is 14.9. The fraction of sp³-hybridized carbons (Fsp3) is 0.562. The van der Waals surface area contributed by atoms with Crippen LogP contribution in [0.3, 0.4) is 0 Å². The largest absolute Gasteiger partial charge is 0.366 e. The number of carbonyl (C=O) groups excluding carboxylic acids is 1. The molecule has 1 unspecified atom stereocenters. The maximum atomic E-state index is 12.1. The minimum atomic E-state index is -0.386. The van der Waals surface area contributed by atoms with Gasteiger partial charge in [0.05, 0.1) is 0 Å². The normalized spacial score (nSPS) is 12.4. The first-order valence-electron chi connectivity index (χ1n) is 6.81.